The molecular formula is C21H22N4O5. The van der Waals surface area contributed by atoms with Crippen LogP contribution in [-0.2, 0) is 11.3 Å². The van der Waals surface area contributed by atoms with Crippen molar-refractivity contribution in [3.05, 3.63) is 60.0 Å². The van der Waals surface area contributed by atoms with E-state index in [4.69, 9.17) is 14.0 Å². The van der Waals surface area contributed by atoms with E-state index in [1.54, 1.807) is 43.5 Å². The lowest BCUT2D eigenvalue weighted by Gasteiger charge is -2.12. The van der Waals surface area contributed by atoms with Crippen LogP contribution in [-0.4, -0.2) is 35.3 Å². The van der Waals surface area contributed by atoms with Crippen LogP contribution in [0.1, 0.15) is 30.1 Å². The van der Waals surface area contributed by atoms with Gasteiger partial charge in [0.1, 0.15) is 5.75 Å². The van der Waals surface area contributed by atoms with Crippen LogP contribution in [0.25, 0.3) is 11.4 Å². The minimum Gasteiger partial charge on any atom is -0.496 e. The maximum atomic E-state index is 12.5. The van der Waals surface area contributed by atoms with Crippen molar-refractivity contribution in [3.63, 3.8) is 0 Å². The van der Waals surface area contributed by atoms with Crippen LogP contribution >= 0.6 is 0 Å². The zero-order chi connectivity index (χ0) is 21.5. The molecule has 0 aliphatic rings. The number of hydrogen-bond donors (Lipinski definition) is 2. The standard InChI is InChI=1S/C21H22N4O5/c1-13(2)22-21(27)23-16-10-6-4-8-14(16)20(26)29-12-18-24-19(25-30-18)15-9-5-7-11-17(15)28-3/h4-11,13H,12H2,1-3H3,(H2,22,23,27). The van der Waals surface area contributed by atoms with E-state index < -0.39 is 12.0 Å². The minimum absolute atomic E-state index is 0.0425. The molecule has 0 bridgehead atoms. The van der Waals surface area contributed by atoms with Gasteiger partial charge in [0.15, 0.2) is 6.61 Å². The van der Waals surface area contributed by atoms with Crippen LogP contribution in [0, 0.1) is 0 Å². The fourth-order valence-corrected chi connectivity index (χ4v) is 2.65. The van der Waals surface area contributed by atoms with Gasteiger partial charge in [-0.25, -0.2) is 9.59 Å². The molecule has 9 heteroatoms. The van der Waals surface area contributed by atoms with E-state index in [2.05, 4.69) is 20.8 Å². The summed E-state index contributed by atoms with van der Waals surface area (Å²) in [4.78, 5) is 28.7. The van der Waals surface area contributed by atoms with Crippen LogP contribution < -0.4 is 15.4 Å². The first-order valence-electron chi connectivity index (χ1n) is 9.27. The number of carbonyl (C=O) groups is 2. The second-order valence-corrected chi connectivity index (χ2v) is 6.59. The number of nitrogens with one attached hydrogen (secondary N) is 2. The number of esters is 1. The van der Waals surface area contributed by atoms with Crippen LogP contribution in [0.15, 0.2) is 53.1 Å². The summed E-state index contributed by atoms with van der Waals surface area (Å²) in [6.45, 7) is 3.46. The van der Waals surface area contributed by atoms with Gasteiger partial charge in [0.05, 0.1) is 23.9 Å². The molecule has 0 unspecified atom stereocenters. The molecule has 2 N–H and O–H groups in total. The molecule has 0 fully saturated rings. The molecule has 3 aromatic rings. The van der Waals surface area contributed by atoms with Gasteiger partial charge in [0.2, 0.25) is 5.82 Å². The zero-order valence-electron chi connectivity index (χ0n) is 16.8. The fourth-order valence-electron chi connectivity index (χ4n) is 2.65. The van der Waals surface area contributed by atoms with E-state index in [9.17, 15) is 9.59 Å². The number of aromatic nitrogens is 2. The lowest BCUT2D eigenvalue weighted by atomic mass is 10.2. The predicted molar refractivity (Wildman–Crippen MR) is 109 cm³/mol. The third-order valence-electron chi connectivity index (χ3n) is 3.96. The molecule has 3 rings (SSSR count). The summed E-state index contributed by atoms with van der Waals surface area (Å²) >= 11 is 0. The maximum Gasteiger partial charge on any atom is 0.340 e. The average Bonchev–Trinajstić information content (AvgIpc) is 3.20. The van der Waals surface area contributed by atoms with Crippen molar-refractivity contribution >= 4 is 17.7 Å². The molecule has 0 aliphatic heterocycles. The first-order valence-corrected chi connectivity index (χ1v) is 9.27. The van der Waals surface area contributed by atoms with Crippen molar-refractivity contribution in [2.24, 2.45) is 0 Å². The second kappa shape index (κ2) is 9.55. The summed E-state index contributed by atoms with van der Waals surface area (Å²) < 4.78 is 15.7. The Bertz CT molecular complexity index is 1030. The van der Waals surface area contributed by atoms with Gasteiger partial charge in [-0.05, 0) is 38.1 Å². The monoisotopic (exact) mass is 410 g/mol. The smallest absolute Gasteiger partial charge is 0.340 e. The molecule has 1 aromatic heterocycles. The van der Waals surface area contributed by atoms with Crippen molar-refractivity contribution in [3.8, 4) is 17.1 Å². The van der Waals surface area contributed by atoms with Gasteiger partial charge in [0.25, 0.3) is 5.89 Å². The highest BCUT2D eigenvalue weighted by atomic mass is 16.6. The number of carbonyl (C=O) groups excluding carboxylic acids is 2. The molecule has 0 aliphatic carbocycles. The molecule has 0 atom stereocenters. The second-order valence-electron chi connectivity index (χ2n) is 6.59. The Kier molecular flexibility index (Phi) is 6.63. The molecule has 0 radical (unpaired) electrons. The topological polar surface area (TPSA) is 116 Å². The highest BCUT2D eigenvalue weighted by Crippen LogP contribution is 2.27. The van der Waals surface area contributed by atoms with Gasteiger partial charge in [-0.1, -0.05) is 29.4 Å². The van der Waals surface area contributed by atoms with Gasteiger partial charge >= 0.3 is 12.0 Å². The highest BCUT2D eigenvalue weighted by Gasteiger charge is 2.17. The summed E-state index contributed by atoms with van der Waals surface area (Å²) in [5.41, 5.74) is 1.20. The molecule has 0 spiro atoms. The van der Waals surface area contributed by atoms with Crippen molar-refractivity contribution in [2.75, 3.05) is 12.4 Å². The molecular weight excluding hydrogens is 388 g/mol. The molecule has 2 amide bonds. The summed E-state index contributed by atoms with van der Waals surface area (Å²) in [7, 11) is 1.55. The summed E-state index contributed by atoms with van der Waals surface area (Å²) in [6, 6.07) is 13.3. The van der Waals surface area contributed by atoms with Crippen molar-refractivity contribution in [1.29, 1.82) is 0 Å². The Hall–Kier alpha value is -3.88. The molecule has 0 saturated heterocycles. The zero-order valence-corrected chi connectivity index (χ0v) is 16.8. The first kappa shape index (κ1) is 20.8. The number of nitrogens with zero attached hydrogens (tertiary/aromatic N) is 2. The number of hydrogen-bond acceptors (Lipinski definition) is 7. The number of methoxy groups -OCH3 is 1. The largest absolute Gasteiger partial charge is 0.496 e. The number of urea groups is 1. The molecule has 9 nitrogen and oxygen atoms in total. The van der Waals surface area contributed by atoms with E-state index in [0.29, 0.717) is 22.8 Å². The number of anilines is 1. The van der Waals surface area contributed by atoms with E-state index >= 15 is 0 Å². The first-order chi connectivity index (χ1) is 14.5. The minimum atomic E-state index is -0.632. The number of para-hydroxylation sites is 2. The number of rotatable bonds is 7. The quantitative estimate of drug-likeness (QED) is 0.571. The summed E-state index contributed by atoms with van der Waals surface area (Å²) in [5.74, 6) is 0.423. The number of ether oxygens (including phenoxy) is 2. The van der Waals surface area contributed by atoms with E-state index in [1.807, 2.05) is 26.0 Å². The van der Waals surface area contributed by atoms with Gasteiger partial charge in [-0.2, -0.15) is 4.98 Å². The molecule has 1 heterocycles. The van der Waals surface area contributed by atoms with Gasteiger partial charge in [0, 0.05) is 6.04 Å². The Balaban J connectivity index is 1.67. The van der Waals surface area contributed by atoms with Crippen LogP contribution in [0.4, 0.5) is 10.5 Å². The Morgan fingerprint density at radius 2 is 1.83 bits per heavy atom. The lowest BCUT2D eigenvalue weighted by Crippen LogP contribution is -2.34. The Morgan fingerprint density at radius 3 is 2.60 bits per heavy atom. The normalized spacial score (nSPS) is 10.5. The Morgan fingerprint density at radius 1 is 1.10 bits per heavy atom. The third-order valence-corrected chi connectivity index (χ3v) is 3.96. The summed E-state index contributed by atoms with van der Waals surface area (Å²) in [6.07, 6.45) is 0. The lowest BCUT2D eigenvalue weighted by molar-refractivity contribution is 0.0431. The number of amides is 2. The molecule has 0 saturated carbocycles. The Labute approximate surface area is 173 Å². The molecule has 156 valence electrons. The van der Waals surface area contributed by atoms with Crippen molar-refractivity contribution in [2.45, 2.75) is 26.5 Å². The van der Waals surface area contributed by atoms with Crippen molar-refractivity contribution in [1.82, 2.24) is 15.5 Å². The van der Waals surface area contributed by atoms with E-state index in [-0.39, 0.29) is 24.1 Å². The van der Waals surface area contributed by atoms with Gasteiger partial charge in [-0.15, -0.1) is 0 Å². The van der Waals surface area contributed by atoms with Crippen LogP contribution in [0.2, 0.25) is 0 Å². The summed E-state index contributed by atoms with van der Waals surface area (Å²) in [5, 5.41) is 9.25. The van der Waals surface area contributed by atoms with Gasteiger partial charge in [-0.3, -0.25) is 0 Å². The fraction of sp³-hybridized carbons (Fsp3) is 0.238. The van der Waals surface area contributed by atoms with Crippen LogP contribution in [0.5, 0.6) is 5.75 Å². The SMILES string of the molecule is COc1ccccc1-c1noc(COC(=O)c2ccccc2NC(=O)NC(C)C)n1. The average molecular weight is 410 g/mol. The third kappa shape index (κ3) is 5.13. The molecule has 30 heavy (non-hydrogen) atoms. The van der Waals surface area contributed by atoms with E-state index in [1.165, 1.54) is 0 Å². The molecule has 2 aromatic carbocycles. The maximum absolute atomic E-state index is 12.5. The van der Waals surface area contributed by atoms with Gasteiger partial charge < -0.3 is 24.6 Å². The van der Waals surface area contributed by atoms with Crippen LogP contribution in [0.3, 0.4) is 0 Å². The van der Waals surface area contributed by atoms with E-state index in [0.717, 1.165) is 0 Å². The number of benzene rings is 2. The predicted octanol–water partition coefficient (Wildman–Crippen LogP) is 3.63. The highest BCUT2D eigenvalue weighted by molar-refractivity contribution is 6.00. The van der Waals surface area contributed by atoms with Crippen molar-refractivity contribution < 1.29 is 23.6 Å².